The van der Waals surface area contributed by atoms with Crippen LogP contribution >= 0.6 is 12.6 Å². The van der Waals surface area contributed by atoms with Crippen molar-refractivity contribution in [2.45, 2.75) is 25.7 Å². The van der Waals surface area contributed by atoms with Crippen LogP contribution in [-0.4, -0.2) is 17.6 Å². The zero-order valence-electron chi connectivity index (χ0n) is 12.7. The Morgan fingerprint density at radius 2 is 1.95 bits per heavy atom. The first-order valence-corrected chi connectivity index (χ1v) is 7.32. The summed E-state index contributed by atoms with van der Waals surface area (Å²) in [6, 6.07) is 9.70. The van der Waals surface area contributed by atoms with Crippen LogP contribution in [0.15, 0.2) is 29.2 Å². The van der Waals surface area contributed by atoms with Gasteiger partial charge in [-0.3, -0.25) is 4.98 Å². The van der Waals surface area contributed by atoms with Crippen LogP contribution in [0, 0.1) is 25.2 Å². The van der Waals surface area contributed by atoms with Gasteiger partial charge in [0.2, 0.25) is 0 Å². The normalized spacial score (nSPS) is 10.1. The number of aromatic nitrogens is 1. The van der Waals surface area contributed by atoms with Crippen molar-refractivity contribution in [2.75, 3.05) is 6.61 Å². The number of benzene rings is 1. The second kappa shape index (κ2) is 6.63. The zero-order valence-corrected chi connectivity index (χ0v) is 13.6. The van der Waals surface area contributed by atoms with Gasteiger partial charge in [-0.1, -0.05) is 29.8 Å². The SMILES string of the molecule is CCOC(=O)c1c(-c2ccc(C)cc2)nc(C)c(C#N)c1S. The van der Waals surface area contributed by atoms with Crippen molar-refractivity contribution >= 4 is 18.6 Å². The van der Waals surface area contributed by atoms with Crippen molar-refractivity contribution in [3.05, 3.63) is 46.6 Å². The molecule has 0 saturated carbocycles. The summed E-state index contributed by atoms with van der Waals surface area (Å²) < 4.78 is 5.10. The van der Waals surface area contributed by atoms with E-state index in [0.717, 1.165) is 11.1 Å². The maximum atomic E-state index is 12.3. The Morgan fingerprint density at radius 1 is 1.32 bits per heavy atom. The van der Waals surface area contributed by atoms with Crippen LogP contribution in [0.1, 0.15) is 34.1 Å². The molecule has 0 aliphatic carbocycles. The fourth-order valence-electron chi connectivity index (χ4n) is 2.14. The summed E-state index contributed by atoms with van der Waals surface area (Å²) in [6.07, 6.45) is 0. The number of thiol groups is 1. The summed E-state index contributed by atoms with van der Waals surface area (Å²) in [5, 5.41) is 9.24. The molecule has 0 radical (unpaired) electrons. The molecular formula is C17H16N2O2S. The van der Waals surface area contributed by atoms with Crippen molar-refractivity contribution in [1.82, 2.24) is 4.98 Å². The summed E-state index contributed by atoms with van der Waals surface area (Å²) in [6.45, 7) is 5.69. The largest absolute Gasteiger partial charge is 0.462 e. The average Bonchev–Trinajstić information content (AvgIpc) is 2.48. The van der Waals surface area contributed by atoms with Gasteiger partial charge in [0.15, 0.2) is 0 Å². The maximum Gasteiger partial charge on any atom is 0.341 e. The molecule has 1 heterocycles. The molecule has 1 aromatic heterocycles. The molecule has 2 rings (SSSR count). The maximum absolute atomic E-state index is 12.3. The number of hydrogen-bond acceptors (Lipinski definition) is 5. The molecule has 0 aliphatic heterocycles. The minimum Gasteiger partial charge on any atom is -0.462 e. The third-order valence-electron chi connectivity index (χ3n) is 3.27. The van der Waals surface area contributed by atoms with Gasteiger partial charge >= 0.3 is 5.97 Å². The van der Waals surface area contributed by atoms with Crippen LogP contribution in [0.4, 0.5) is 0 Å². The summed E-state index contributed by atoms with van der Waals surface area (Å²) in [5.74, 6) is -0.521. The first kappa shape index (κ1) is 16.1. The number of carbonyl (C=O) groups is 1. The lowest BCUT2D eigenvalue weighted by molar-refractivity contribution is 0.0523. The minimum absolute atomic E-state index is 0.233. The second-order valence-corrected chi connectivity index (χ2v) is 5.29. The van der Waals surface area contributed by atoms with Crippen LogP contribution < -0.4 is 0 Å². The number of ether oxygens (including phenoxy) is 1. The van der Waals surface area contributed by atoms with Crippen molar-refractivity contribution in [2.24, 2.45) is 0 Å². The zero-order chi connectivity index (χ0) is 16.3. The molecule has 0 aliphatic rings. The summed E-state index contributed by atoms with van der Waals surface area (Å²) in [5.41, 5.74) is 3.45. The molecule has 1 aromatic carbocycles. The number of hydrogen-bond donors (Lipinski definition) is 1. The lowest BCUT2D eigenvalue weighted by Crippen LogP contribution is -2.11. The number of nitriles is 1. The van der Waals surface area contributed by atoms with E-state index >= 15 is 0 Å². The lowest BCUT2D eigenvalue weighted by atomic mass is 10.0. The molecular weight excluding hydrogens is 296 g/mol. The Kier molecular flexibility index (Phi) is 4.84. The van der Waals surface area contributed by atoms with E-state index in [1.807, 2.05) is 37.3 Å². The standard InChI is InChI=1S/C17H16N2O2S/c1-4-21-17(20)14-15(12-7-5-10(2)6-8-12)19-11(3)13(9-18)16(14)22/h5-8H,4H2,1-3H3,(H,19,22). The summed E-state index contributed by atoms with van der Waals surface area (Å²) in [7, 11) is 0. The number of carbonyl (C=O) groups excluding carboxylic acids is 1. The Morgan fingerprint density at radius 3 is 2.50 bits per heavy atom. The Hall–Kier alpha value is -2.32. The molecule has 5 heteroatoms. The van der Waals surface area contributed by atoms with E-state index in [0.29, 0.717) is 21.8 Å². The van der Waals surface area contributed by atoms with Crippen molar-refractivity contribution in [1.29, 1.82) is 5.26 Å². The Balaban J connectivity index is 2.74. The van der Waals surface area contributed by atoms with Crippen molar-refractivity contribution in [3.8, 4) is 17.3 Å². The predicted molar refractivity (Wildman–Crippen MR) is 87.1 cm³/mol. The summed E-state index contributed by atoms with van der Waals surface area (Å²) >= 11 is 4.37. The van der Waals surface area contributed by atoms with Gasteiger partial charge in [-0.2, -0.15) is 5.26 Å². The number of esters is 1. The van der Waals surface area contributed by atoms with Gasteiger partial charge in [0, 0.05) is 10.5 Å². The van der Waals surface area contributed by atoms with Crippen molar-refractivity contribution < 1.29 is 9.53 Å². The van der Waals surface area contributed by atoms with Crippen LogP contribution in [0.25, 0.3) is 11.3 Å². The van der Waals surface area contributed by atoms with E-state index in [-0.39, 0.29) is 12.2 Å². The number of nitrogens with zero attached hydrogens (tertiary/aromatic N) is 2. The number of aryl methyl sites for hydroxylation is 2. The van der Waals surface area contributed by atoms with E-state index in [2.05, 4.69) is 17.6 Å². The molecule has 0 saturated heterocycles. The third-order valence-corrected chi connectivity index (χ3v) is 3.72. The van der Waals surface area contributed by atoms with Crippen LogP contribution in [-0.2, 0) is 4.74 Å². The second-order valence-electron chi connectivity index (χ2n) is 4.84. The van der Waals surface area contributed by atoms with E-state index in [1.165, 1.54) is 0 Å². The highest BCUT2D eigenvalue weighted by Crippen LogP contribution is 2.31. The third kappa shape index (κ3) is 2.97. The topological polar surface area (TPSA) is 63.0 Å². The molecule has 112 valence electrons. The van der Waals surface area contributed by atoms with Gasteiger partial charge in [0.25, 0.3) is 0 Å². The molecule has 0 atom stereocenters. The molecule has 22 heavy (non-hydrogen) atoms. The van der Waals surface area contributed by atoms with E-state index < -0.39 is 5.97 Å². The molecule has 0 bridgehead atoms. The Labute approximate surface area is 135 Å². The average molecular weight is 312 g/mol. The van der Waals surface area contributed by atoms with Crippen LogP contribution in [0.5, 0.6) is 0 Å². The van der Waals surface area contributed by atoms with Crippen LogP contribution in [0.2, 0.25) is 0 Å². The van der Waals surface area contributed by atoms with E-state index in [9.17, 15) is 10.1 Å². The molecule has 0 spiro atoms. The highest BCUT2D eigenvalue weighted by molar-refractivity contribution is 7.80. The monoisotopic (exact) mass is 312 g/mol. The van der Waals surface area contributed by atoms with Gasteiger partial charge in [-0.15, -0.1) is 12.6 Å². The smallest absolute Gasteiger partial charge is 0.341 e. The van der Waals surface area contributed by atoms with Crippen LogP contribution in [0.3, 0.4) is 0 Å². The van der Waals surface area contributed by atoms with Gasteiger partial charge in [-0.05, 0) is 20.8 Å². The van der Waals surface area contributed by atoms with Gasteiger partial charge in [-0.25, -0.2) is 4.79 Å². The van der Waals surface area contributed by atoms with Crippen molar-refractivity contribution in [3.63, 3.8) is 0 Å². The molecule has 0 fully saturated rings. The Bertz CT molecular complexity index is 762. The predicted octanol–water partition coefficient (Wildman–Crippen LogP) is 3.70. The van der Waals surface area contributed by atoms with Gasteiger partial charge in [0.05, 0.1) is 23.6 Å². The van der Waals surface area contributed by atoms with Gasteiger partial charge in [0.1, 0.15) is 11.6 Å². The molecule has 0 amide bonds. The number of rotatable bonds is 3. The highest BCUT2D eigenvalue weighted by atomic mass is 32.1. The molecule has 4 nitrogen and oxygen atoms in total. The summed E-state index contributed by atoms with van der Waals surface area (Å²) in [4.78, 5) is 17.0. The minimum atomic E-state index is -0.521. The number of pyridine rings is 1. The van der Waals surface area contributed by atoms with E-state index in [1.54, 1.807) is 13.8 Å². The molecule has 0 unspecified atom stereocenters. The molecule has 0 N–H and O–H groups in total. The highest BCUT2D eigenvalue weighted by Gasteiger charge is 2.23. The quantitative estimate of drug-likeness (QED) is 0.693. The molecule has 2 aromatic rings. The van der Waals surface area contributed by atoms with Gasteiger partial charge < -0.3 is 4.74 Å². The first-order chi connectivity index (χ1) is 10.5. The van der Waals surface area contributed by atoms with E-state index in [4.69, 9.17) is 4.74 Å². The fourth-order valence-corrected chi connectivity index (χ4v) is 2.55. The first-order valence-electron chi connectivity index (χ1n) is 6.87. The lowest BCUT2D eigenvalue weighted by Gasteiger charge is -2.13. The fraction of sp³-hybridized carbons (Fsp3) is 0.235.